The lowest BCUT2D eigenvalue weighted by Crippen LogP contribution is -1.98. The minimum Gasteiger partial charge on any atom is -0.342 e. The summed E-state index contributed by atoms with van der Waals surface area (Å²) in [6.07, 6.45) is -0.0490. The maximum Gasteiger partial charge on any atom is 0.151 e. The first-order valence-corrected chi connectivity index (χ1v) is 5.71. The fraction of sp³-hybridized carbons (Fsp3) is 0.0714. The van der Waals surface area contributed by atoms with Gasteiger partial charge in [-0.15, -0.1) is 0 Å². The molecule has 1 aromatic heterocycles. The van der Waals surface area contributed by atoms with Crippen LogP contribution in [0.15, 0.2) is 36.4 Å². The molecule has 3 rings (SSSR count). The molecular formula is C14H9F3N2. The van der Waals surface area contributed by atoms with Crippen LogP contribution in [0, 0.1) is 17.5 Å². The number of para-hydroxylation sites is 1. The molecule has 3 aromatic rings. The van der Waals surface area contributed by atoms with Gasteiger partial charge < -0.3 is 4.98 Å². The predicted molar refractivity (Wildman–Crippen MR) is 65.2 cm³/mol. The minimum atomic E-state index is -0.638. The molecule has 0 aliphatic rings. The van der Waals surface area contributed by atoms with Gasteiger partial charge in [0.1, 0.15) is 23.0 Å². The number of imidazole rings is 1. The van der Waals surface area contributed by atoms with E-state index in [1.165, 1.54) is 24.3 Å². The third-order valence-electron chi connectivity index (χ3n) is 2.92. The Labute approximate surface area is 106 Å². The lowest BCUT2D eigenvalue weighted by Gasteiger charge is -2.01. The van der Waals surface area contributed by atoms with Crippen LogP contribution < -0.4 is 0 Å². The van der Waals surface area contributed by atoms with Crippen molar-refractivity contribution >= 4 is 11.0 Å². The van der Waals surface area contributed by atoms with E-state index < -0.39 is 17.5 Å². The van der Waals surface area contributed by atoms with Crippen molar-refractivity contribution in [3.63, 3.8) is 0 Å². The van der Waals surface area contributed by atoms with Gasteiger partial charge in [0.05, 0.1) is 5.52 Å². The second-order valence-corrected chi connectivity index (χ2v) is 4.20. The summed E-state index contributed by atoms with van der Waals surface area (Å²) in [5, 5.41) is 0. The lowest BCUT2D eigenvalue weighted by molar-refractivity contribution is 0.559. The summed E-state index contributed by atoms with van der Waals surface area (Å²) in [5.41, 5.74) is 0.600. The van der Waals surface area contributed by atoms with E-state index in [1.54, 1.807) is 12.1 Å². The average Bonchev–Trinajstić information content (AvgIpc) is 2.78. The third-order valence-corrected chi connectivity index (χ3v) is 2.92. The number of rotatable bonds is 2. The number of aromatic nitrogens is 2. The van der Waals surface area contributed by atoms with Crippen LogP contribution >= 0.6 is 0 Å². The van der Waals surface area contributed by atoms with E-state index in [4.69, 9.17) is 0 Å². The SMILES string of the molecule is Fc1cccc(F)c1Cc1nc2c(F)cccc2[nH]1. The topological polar surface area (TPSA) is 28.7 Å². The van der Waals surface area contributed by atoms with Gasteiger partial charge in [-0.3, -0.25) is 0 Å². The van der Waals surface area contributed by atoms with Gasteiger partial charge in [0.15, 0.2) is 5.82 Å². The molecule has 0 saturated carbocycles. The Morgan fingerprint density at radius 2 is 1.53 bits per heavy atom. The first-order chi connectivity index (χ1) is 9.15. The van der Waals surface area contributed by atoms with Crippen LogP contribution in [-0.2, 0) is 6.42 Å². The molecule has 0 bridgehead atoms. The molecule has 0 spiro atoms. The Kier molecular flexibility index (Phi) is 2.74. The van der Waals surface area contributed by atoms with Crippen LogP contribution in [0.4, 0.5) is 13.2 Å². The van der Waals surface area contributed by atoms with E-state index in [2.05, 4.69) is 9.97 Å². The molecule has 0 aliphatic heterocycles. The van der Waals surface area contributed by atoms with Gasteiger partial charge >= 0.3 is 0 Å². The molecule has 0 unspecified atom stereocenters. The van der Waals surface area contributed by atoms with Gasteiger partial charge in [0, 0.05) is 12.0 Å². The Balaban J connectivity index is 2.04. The Morgan fingerprint density at radius 3 is 2.21 bits per heavy atom. The van der Waals surface area contributed by atoms with Crippen LogP contribution in [0.3, 0.4) is 0 Å². The highest BCUT2D eigenvalue weighted by atomic mass is 19.1. The highest BCUT2D eigenvalue weighted by Crippen LogP contribution is 2.19. The van der Waals surface area contributed by atoms with Gasteiger partial charge in [0.2, 0.25) is 0 Å². The quantitative estimate of drug-likeness (QED) is 0.751. The number of H-pyrrole nitrogens is 1. The zero-order valence-corrected chi connectivity index (χ0v) is 9.75. The highest BCUT2D eigenvalue weighted by Gasteiger charge is 2.13. The molecule has 0 radical (unpaired) electrons. The smallest absolute Gasteiger partial charge is 0.151 e. The number of fused-ring (bicyclic) bond motifs is 1. The van der Waals surface area contributed by atoms with Crippen molar-refractivity contribution in [2.75, 3.05) is 0 Å². The summed E-state index contributed by atoms with van der Waals surface area (Å²) in [6, 6.07) is 8.16. The van der Waals surface area contributed by atoms with Gasteiger partial charge in [-0.1, -0.05) is 12.1 Å². The number of nitrogens with zero attached hydrogens (tertiary/aromatic N) is 1. The summed E-state index contributed by atoms with van der Waals surface area (Å²) in [6.45, 7) is 0. The Bertz CT molecular complexity index is 729. The van der Waals surface area contributed by atoms with Crippen molar-refractivity contribution in [1.82, 2.24) is 9.97 Å². The van der Waals surface area contributed by atoms with Crippen LogP contribution in [0.2, 0.25) is 0 Å². The molecule has 1 N–H and O–H groups in total. The molecule has 0 fully saturated rings. The molecule has 96 valence electrons. The van der Waals surface area contributed by atoms with Gasteiger partial charge in [0.25, 0.3) is 0 Å². The van der Waals surface area contributed by atoms with Crippen molar-refractivity contribution < 1.29 is 13.2 Å². The van der Waals surface area contributed by atoms with E-state index in [9.17, 15) is 13.2 Å². The van der Waals surface area contributed by atoms with Gasteiger partial charge in [-0.05, 0) is 24.3 Å². The normalized spacial score (nSPS) is 11.1. The second-order valence-electron chi connectivity index (χ2n) is 4.20. The largest absolute Gasteiger partial charge is 0.342 e. The summed E-state index contributed by atoms with van der Waals surface area (Å²) < 4.78 is 40.5. The fourth-order valence-corrected chi connectivity index (χ4v) is 2.00. The number of hydrogen-bond donors (Lipinski definition) is 1. The van der Waals surface area contributed by atoms with Crippen LogP contribution in [0.1, 0.15) is 11.4 Å². The van der Waals surface area contributed by atoms with Crippen molar-refractivity contribution in [2.45, 2.75) is 6.42 Å². The number of hydrogen-bond acceptors (Lipinski definition) is 1. The predicted octanol–water partition coefficient (Wildman–Crippen LogP) is 3.57. The fourth-order valence-electron chi connectivity index (χ4n) is 2.00. The van der Waals surface area contributed by atoms with Crippen LogP contribution in [0.5, 0.6) is 0 Å². The number of nitrogens with one attached hydrogen (secondary N) is 1. The Morgan fingerprint density at radius 1 is 0.895 bits per heavy atom. The van der Waals surface area contributed by atoms with E-state index >= 15 is 0 Å². The van der Waals surface area contributed by atoms with Gasteiger partial charge in [-0.2, -0.15) is 0 Å². The van der Waals surface area contributed by atoms with Crippen LogP contribution in [0.25, 0.3) is 11.0 Å². The van der Waals surface area contributed by atoms with Crippen molar-refractivity contribution in [3.8, 4) is 0 Å². The molecule has 1 heterocycles. The number of aromatic amines is 1. The molecule has 0 atom stereocenters. The molecule has 0 aliphatic carbocycles. The molecule has 0 saturated heterocycles. The molecular weight excluding hydrogens is 253 g/mol. The Hall–Kier alpha value is -2.30. The van der Waals surface area contributed by atoms with Crippen LogP contribution in [-0.4, -0.2) is 9.97 Å². The van der Waals surface area contributed by atoms with E-state index in [-0.39, 0.29) is 17.5 Å². The standard InChI is InChI=1S/C14H9F3N2/c15-9-3-1-4-10(16)8(9)7-13-18-12-6-2-5-11(17)14(12)19-13/h1-6H,7H2,(H,18,19). The van der Waals surface area contributed by atoms with E-state index in [1.807, 2.05) is 0 Å². The third kappa shape index (κ3) is 2.07. The number of halogens is 3. The zero-order valence-electron chi connectivity index (χ0n) is 9.75. The molecule has 2 nitrogen and oxygen atoms in total. The summed E-state index contributed by atoms with van der Waals surface area (Å²) in [5.74, 6) is -1.42. The first kappa shape index (κ1) is 11.8. The molecule has 2 aromatic carbocycles. The zero-order chi connectivity index (χ0) is 13.4. The molecule has 19 heavy (non-hydrogen) atoms. The van der Waals surface area contributed by atoms with Crippen molar-refractivity contribution in [1.29, 1.82) is 0 Å². The summed E-state index contributed by atoms with van der Waals surface area (Å²) in [4.78, 5) is 6.88. The van der Waals surface area contributed by atoms with E-state index in [0.29, 0.717) is 11.3 Å². The van der Waals surface area contributed by atoms with Gasteiger partial charge in [-0.25, -0.2) is 18.2 Å². The second kappa shape index (κ2) is 4.42. The average molecular weight is 262 g/mol. The minimum absolute atomic E-state index is 0.0490. The first-order valence-electron chi connectivity index (χ1n) is 5.71. The maximum absolute atomic E-state index is 13.5. The van der Waals surface area contributed by atoms with Crippen molar-refractivity contribution in [2.24, 2.45) is 0 Å². The van der Waals surface area contributed by atoms with E-state index in [0.717, 1.165) is 0 Å². The molecule has 5 heteroatoms. The number of benzene rings is 2. The maximum atomic E-state index is 13.5. The summed E-state index contributed by atoms with van der Waals surface area (Å²) in [7, 11) is 0. The van der Waals surface area contributed by atoms with Crippen molar-refractivity contribution in [3.05, 3.63) is 65.2 Å². The lowest BCUT2D eigenvalue weighted by atomic mass is 10.1. The highest BCUT2D eigenvalue weighted by molar-refractivity contribution is 5.75. The monoisotopic (exact) mass is 262 g/mol. The molecule has 0 amide bonds. The summed E-state index contributed by atoms with van der Waals surface area (Å²) >= 11 is 0.